The molecule has 0 radical (unpaired) electrons. The van der Waals surface area contributed by atoms with Crippen molar-refractivity contribution >= 4 is 5.91 Å². The third kappa shape index (κ3) is 7.50. The fraction of sp³-hybridized carbons (Fsp3) is 0.357. The van der Waals surface area contributed by atoms with Crippen molar-refractivity contribution in [2.75, 3.05) is 46.1 Å². The maximum absolute atomic E-state index is 13.3. The van der Waals surface area contributed by atoms with E-state index >= 15 is 0 Å². The lowest BCUT2D eigenvalue weighted by molar-refractivity contribution is -0.120. The number of pyridine rings is 1. The molecule has 1 amide bonds. The summed E-state index contributed by atoms with van der Waals surface area (Å²) >= 11 is 0. The van der Waals surface area contributed by atoms with Crippen molar-refractivity contribution in [1.29, 1.82) is 0 Å². The number of morpholine rings is 1. The molecule has 0 spiro atoms. The summed E-state index contributed by atoms with van der Waals surface area (Å²) in [6, 6.07) is 15.8. The fourth-order valence-electron chi connectivity index (χ4n) is 3.99. The van der Waals surface area contributed by atoms with Gasteiger partial charge < -0.3 is 19.5 Å². The zero-order chi connectivity index (χ0) is 25.2. The predicted octanol–water partition coefficient (Wildman–Crippen LogP) is 3.86. The number of nitrogens with zero attached hydrogens (tertiary/aromatic N) is 2. The molecule has 1 fully saturated rings. The monoisotopic (exact) mass is 493 g/mol. The first-order chi connectivity index (χ1) is 17.6. The van der Waals surface area contributed by atoms with E-state index in [1.807, 2.05) is 37.3 Å². The Morgan fingerprint density at radius 1 is 1.11 bits per heavy atom. The first-order valence-electron chi connectivity index (χ1n) is 12.3. The zero-order valence-electron chi connectivity index (χ0n) is 20.5. The van der Waals surface area contributed by atoms with Crippen LogP contribution in [0.5, 0.6) is 11.5 Å². The number of carbonyl (C=O) groups excluding carboxylic acids is 1. The topological polar surface area (TPSA) is 72.9 Å². The van der Waals surface area contributed by atoms with Gasteiger partial charge in [-0.25, -0.2) is 4.39 Å². The van der Waals surface area contributed by atoms with Gasteiger partial charge in [-0.15, -0.1) is 0 Å². The highest BCUT2D eigenvalue weighted by molar-refractivity contribution is 5.78. The van der Waals surface area contributed by atoms with Crippen LogP contribution in [0.3, 0.4) is 0 Å². The summed E-state index contributed by atoms with van der Waals surface area (Å²) in [5.41, 5.74) is 3.16. The maximum atomic E-state index is 13.3. The van der Waals surface area contributed by atoms with Gasteiger partial charge >= 0.3 is 0 Å². The number of amides is 1. The van der Waals surface area contributed by atoms with Crippen molar-refractivity contribution in [2.24, 2.45) is 0 Å². The molecule has 1 N–H and O–H groups in total. The lowest BCUT2D eigenvalue weighted by Gasteiger charge is -2.26. The minimum atomic E-state index is -0.322. The molecule has 0 bridgehead atoms. The Kier molecular flexibility index (Phi) is 9.24. The summed E-state index contributed by atoms with van der Waals surface area (Å²) in [7, 11) is 0. The third-order valence-corrected chi connectivity index (χ3v) is 5.89. The van der Waals surface area contributed by atoms with Crippen LogP contribution in [0.25, 0.3) is 11.1 Å². The molecule has 0 aliphatic carbocycles. The Labute approximate surface area is 211 Å². The van der Waals surface area contributed by atoms with Gasteiger partial charge in [-0.2, -0.15) is 0 Å². The van der Waals surface area contributed by atoms with Gasteiger partial charge in [-0.3, -0.25) is 14.7 Å². The normalized spacial score (nSPS) is 13.8. The molecule has 3 aromatic rings. The molecule has 190 valence electrons. The summed E-state index contributed by atoms with van der Waals surface area (Å²) in [5.74, 6) is 0.990. The van der Waals surface area contributed by atoms with E-state index in [0.29, 0.717) is 24.5 Å². The molecule has 0 atom stereocenters. The largest absolute Gasteiger partial charge is 0.494 e. The molecule has 1 aliphatic rings. The van der Waals surface area contributed by atoms with E-state index in [2.05, 4.69) is 15.2 Å². The number of benzene rings is 2. The number of halogens is 1. The lowest BCUT2D eigenvalue weighted by Crippen LogP contribution is -2.38. The van der Waals surface area contributed by atoms with Crippen LogP contribution >= 0.6 is 0 Å². The molecule has 2 heterocycles. The average molecular weight is 494 g/mol. The van der Waals surface area contributed by atoms with E-state index in [4.69, 9.17) is 14.2 Å². The van der Waals surface area contributed by atoms with Gasteiger partial charge in [0.25, 0.3) is 0 Å². The predicted molar refractivity (Wildman–Crippen MR) is 136 cm³/mol. The van der Waals surface area contributed by atoms with E-state index in [1.165, 1.54) is 12.1 Å². The molecule has 1 aromatic heterocycles. The molecule has 1 saturated heterocycles. The number of aromatic nitrogens is 1. The van der Waals surface area contributed by atoms with E-state index < -0.39 is 0 Å². The maximum Gasteiger partial charge on any atom is 0.226 e. The number of hydrogen-bond acceptors (Lipinski definition) is 6. The van der Waals surface area contributed by atoms with Crippen LogP contribution in [0.2, 0.25) is 0 Å². The Balaban J connectivity index is 1.38. The van der Waals surface area contributed by atoms with E-state index in [-0.39, 0.29) is 24.7 Å². The van der Waals surface area contributed by atoms with Gasteiger partial charge in [0.15, 0.2) is 0 Å². The smallest absolute Gasteiger partial charge is 0.226 e. The highest BCUT2D eigenvalue weighted by Gasteiger charge is 2.13. The van der Waals surface area contributed by atoms with Crippen molar-refractivity contribution in [3.8, 4) is 22.6 Å². The molecular weight excluding hydrogens is 461 g/mol. The van der Waals surface area contributed by atoms with Crippen LogP contribution in [0.4, 0.5) is 4.39 Å². The average Bonchev–Trinajstić information content (AvgIpc) is 2.89. The lowest BCUT2D eigenvalue weighted by atomic mass is 10.1. The van der Waals surface area contributed by atoms with Gasteiger partial charge in [-0.1, -0.05) is 18.2 Å². The molecule has 0 unspecified atom stereocenters. The van der Waals surface area contributed by atoms with Gasteiger partial charge in [0.1, 0.15) is 23.9 Å². The summed E-state index contributed by atoms with van der Waals surface area (Å²) in [5, 5.41) is 2.81. The van der Waals surface area contributed by atoms with Gasteiger partial charge in [0.2, 0.25) is 5.91 Å². The first-order valence-corrected chi connectivity index (χ1v) is 12.3. The van der Waals surface area contributed by atoms with Gasteiger partial charge in [0.05, 0.1) is 26.2 Å². The molecular formula is C28H32FN3O4. The van der Waals surface area contributed by atoms with Crippen LogP contribution in [0, 0.1) is 5.82 Å². The number of rotatable bonds is 11. The Morgan fingerprint density at radius 3 is 2.72 bits per heavy atom. The molecule has 0 saturated carbocycles. The molecule has 4 rings (SSSR count). The first kappa shape index (κ1) is 25.6. The van der Waals surface area contributed by atoms with Crippen molar-refractivity contribution in [3.63, 3.8) is 0 Å². The molecule has 8 heteroatoms. The Hall–Kier alpha value is -3.49. The number of ether oxygens (including phenoxy) is 3. The highest BCUT2D eigenvalue weighted by atomic mass is 19.1. The number of hydrogen-bond donors (Lipinski definition) is 1. The Bertz CT molecular complexity index is 1130. The van der Waals surface area contributed by atoms with Crippen LogP contribution in [-0.2, 0) is 22.5 Å². The SMILES string of the molecule is CCOc1ccc(-c2ccc(CC(=O)NCc3cccc(F)c3)nc2)c(OCCN2CCOCC2)c1. The molecule has 1 aliphatic heterocycles. The third-order valence-electron chi connectivity index (χ3n) is 5.89. The zero-order valence-corrected chi connectivity index (χ0v) is 20.5. The van der Waals surface area contributed by atoms with Crippen molar-refractivity contribution in [2.45, 2.75) is 19.9 Å². The van der Waals surface area contributed by atoms with Crippen molar-refractivity contribution in [3.05, 3.63) is 77.9 Å². The van der Waals surface area contributed by atoms with Crippen molar-refractivity contribution < 1.29 is 23.4 Å². The highest BCUT2D eigenvalue weighted by Crippen LogP contribution is 2.33. The summed E-state index contributed by atoms with van der Waals surface area (Å²) in [6.07, 6.45) is 1.89. The molecule has 7 nitrogen and oxygen atoms in total. The number of carbonyl (C=O) groups is 1. The van der Waals surface area contributed by atoms with E-state index in [0.717, 1.165) is 55.5 Å². The van der Waals surface area contributed by atoms with Gasteiger partial charge in [0, 0.05) is 55.3 Å². The second-order valence-corrected chi connectivity index (χ2v) is 8.52. The van der Waals surface area contributed by atoms with Crippen LogP contribution in [0.15, 0.2) is 60.8 Å². The summed E-state index contributed by atoms with van der Waals surface area (Å²) in [4.78, 5) is 19.1. The van der Waals surface area contributed by atoms with E-state index in [1.54, 1.807) is 18.3 Å². The minimum Gasteiger partial charge on any atom is -0.494 e. The number of nitrogens with one attached hydrogen (secondary N) is 1. The van der Waals surface area contributed by atoms with Crippen molar-refractivity contribution in [1.82, 2.24) is 15.2 Å². The summed E-state index contributed by atoms with van der Waals surface area (Å²) in [6.45, 7) is 7.51. The van der Waals surface area contributed by atoms with E-state index in [9.17, 15) is 9.18 Å². The second kappa shape index (κ2) is 13.0. The Morgan fingerprint density at radius 2 is 1.97 bits per heavy atom. The standard InChI is InChI=1S/C28H32FN3O4/c1-2-35-25-8-9-26(27(18-25)36-15-12-32-10-13-34-14-11-32)22-6-7-24(30-20-22)17-28(33)31-19-21-4-3-5-23(29)16-21/h3-9,16,18,20H,2,10-15,17,19H2,1H3,(H,31,33). The van der Waals surface area contributed by atoms with Crippen LogP contribution < -0.4 is 14.8 Å². The summed E-state index contributed by atoms with van der Waals surface area (Å²) < 4.78 is 30.6. The second-order valence-electron chi connectivity index (χ2n) is 8.52. The van der Waals surface area contributed by atoms with Crippen LogP contribution in [-0.4, -0.2) is 61.9 Å². The minimum absolute atomic E-state index is 0.141. The van der Waals surface area contributed by atoms with Crippen LogP contribution in [0.1, 0.15) is 18.2 Å². The molecule has 2 aromatic carbocycles. The quantitative estimate of drug-likeness (QED) is 0.438. The molecule has 36 heavy (non-hydrogen) atoms. The van der Waals surface area contributed by atoms with Gasteiger partial charge in [-0.05, 0) is 42.8 Å². The fourth-order valence-corrected chi connectivity index (χ4v) is 3.99.